The van der Waals surface area contributed by atoms with Crippen LogP contribution < -0.4 is 11.5 Å². The summed E-state index contributed by atoms with van der Waals surface area (Å²) in [5, 5.41) is 0. The van der Waals surface area contributed by atoms with Crippen molar-refractivity contribution in [2.24, 2.45) is 5.73 Å². The zero-order chi connectivity index (χ0) is 9.97. The van der Waals surface area contributed by atoms with Gasteiger partial charge in [-0.25, -0.2) is 9.97 Å². The summed E-state index contributed by atoms with van der Waals surface area (Å²) >= 11 is 1.92. The van der Waals surface area contributed by atoms with Gasteiger partial charge in [-0.2, -0.15) is 11.8 Å². The Morgan fingerprint density at radius 2 is 2.21 bits per heavy atom. The molecule has 76 valence electrons. The summed E-state index contributed by atoms with van der Waals surface area (Å²) in [5.74, 6) is 2.52. The minimum atomic E-state index is 0.388. The molecule has 0 radical (unpaired) electrons. The molecule has 2 heterocycles. The highest BCUT2D eigenvalue weighted by atomic mass is 32.2. The lowest BCUT2D eigenvalue weighted by Gasteiger charge is -2.17. The summed E-state index contributed by atoms with van der Waals surface area (Å²) in [6, 6.07) is 0. The molecule has 5 heteroatoms. The number of hydrogen-bond donors (Lipinski definition) is 2. The maximum Gasteiger partial charge on any atom is 0.220 e. The van der Waals surface area contributed by atoms with Gasteiger partial charge in [0, 0.05) is 17.7 Å². The first-order valence-electron chi connectivity index (χ1n) is 4.73. The average molecular weight is 210 g/mol. The first-order valence-corrected chi connectivity index (χ1v) is 5.88. The van der Waals surface area contributed by atoms with E-state index in [-0.39, 0.29) is 0 Å². The Bertz CT molecular complexity index is 340. The van der Waals surface area contributed by atoms with E-state index in [9.17, 15) is 0 Å². The van der Waals surface area contributed by atoms with Crippen molar-refractivity contribution < 1.29 is 0 Å². The van der Waals surface area contributed by atoms with E-state index >= 15 is 0 Å². The smallest absolute Gasteiger partial charge is 0.220 e. The summed E-state index contributed by atoms with van der Waals surface area (Å²) in [6.07, 6.45) is 1.81. The van der Waals surface area contributed by atoms with Crippen molar-refractivity contribution >= 4 is 17.7 Å². The second-order valence-electron chi connectivity index (χ2n) is 3.30. The molecule has 2 rings (SSSR count). The van der Waals surface area contributed by atoms with Gasteiger partial charge in [0.1, 0.15) is 0 Å². The molecule has 0 saturated heterocycles. The molecular formula is C9H14N4S. The molecule has 0 fully saturated rings. The standard InChI is InChI=1S/C9H14N4S/c10-3-1-7-6-5-14-4-2-8(6)13-9(11)12-7/h1-5,10H2,(H2,11,12,13). The van der Waals surface area contributed by atoms with Crippen LogP contribution in [0.25, 0.3) is 0 Å². The number of rotatable bonds is 2. The molecule has 1 aromatic heterocycles. The Morgan fingerprint density at radius 1 is 1.36 bits per heavy atom. The number of anilines is 1. The van der Waals surface area contributed by atoms with E-state index in [2.05, 4.69) is 9.97 Å². The topological polar surface area (TPSA) is 77.8 Å². The van der Waals surface area contributed by atoms with E-state index in [1.165, 1.54) is 5.56 Å². The van der Waals surface area contributed by atoms with Crippen molar-refractivity contribution in [3.05, 3.63) is 17.0 Å². The van der Waals surface area contributed by atoms with Crippen LogP contribution in [0.15, 0.2) is 0 Å². The van der Waals surface area contributed by atoms with Crippen molar-refractivity contribution in [1.29, 1.82) is 0 Å². The molecule has 0 spiro atoms. The first-order chi connectivity index (χ1) is 6.81. The maximum atomic E-state index is 5.64. The lowest BCUT2D eigenvalue weighted by molar-refractivity contribution is 0.861. The predicted octanol–water partition coefficient (Wildman–Crippen LogP) is 0.349. The van der Waals surface area contributed by atoms with Gasteiger partial charge in [0.15, 0.2) is 0 Å². The van der Waals surface area contributed by atoms with Crippen LogP contribution in [-0.2, 0) is 18.6 Å². The second kappa shape index (κ2) is 4.14. The number of hydrogen-bond acceptors (Lipinski definition) is 5. The zero-order valence-electron chi connectivity index (χ0n) is 7.99. The minimum absolute atomic E-state index is 0.388. The number of nitrogens with zero attached hydrogens (tertiary/aromatic N) is 2. The zero-order valence-corrected chi connectivity index (χ0v) is 8.81. The molecule has 1 aliphatic rings. The Morgan fingerprint density at radius 3 is 3.00 bits per heavy atom. The summed E-state index contributed by atoms with van der Waals surface area (Å²) < 4.78 is 0. The van der Waals surface area contributed by atoms with Crippen molar-refractivity contribution in [2.45, 2.75) is 18.6 Å². The fraction of sp³-hybridized carbons (Fsp3) is 0.556. The normalized spacial score (nSPS) is 15.2. The predicted molar refractivity (Wildman–Crippen MR) is 59.1 cm³/mol. The molecule has 0 aliphatic carbocycles. The third-order valence-electron chi connectivity index (χ3n) is 2.31. The van der Waals surface area contributed by atoms with Gasteiger partial charge in [0.25, 0.3) is 0 Å². The van der Waals surface area contributed by atoms with E-state index in [1.54, 1.807) is 0 Å². The maximum absolute atomic E-state index is 5.64. The fourth-order valence-corrected chi connectivity index (χ4v) is 2.68. The molecule has 1 aromatic rings. The summed E-state index contributed by atoms with van der Waals surface area (Å²) in [5.41, 5.74) is 14.6. The molecular weight excluding hydrogens is 196 g/mol. The lowest BCUT2D eigenvalue weighted by Crippen LogP contribution is -2.15. The summed E-state index contributed by atoms with van der Waals surface area (Å²) in [4.78, 5) is 8.52. The number of aromatic nitrogens is 2. The van der Waals surface area contributed by atoms with Gasteiger partial charge in [-0.05, 0) is 18.7 Å². The van der Waals surface area contributed by atoms with Gasteiger partial charge in [-0.1, -0.05) is 0 Å². The number of aryl methyl sites for hydroxylation is 1. The van der Waals surface area contributed by atoms with Gasteiger partial charge in [0.2, 0.25) is 5.95 Å². The number of nitrogens with two attached hydrogens (primary N) is 2. The summed E-state index contributed by atoms with van der Waals surface area (Å²) in [7, 11) is 0. The van der Waals surface area contributed by atoms with E-state index in [1.807, 2.05) is 11.8 Å². The number of nitrogen functional groups attached to an aromatic ring is 1. The Balaban J connectivity index is 2.41. The van der Waals surface area contributed by atoms with E-state index < -0.39 is 0 Å². The molecule has 4 nitrogen and oxygen atoms in total. The first kappa shape index (κ1) is 9.73. The van der Waals surface area contributed by atoms with Crippen LogP contribution in [0.1, 0.15) is 17.0 Å². The summed E-state index contributed by atoms with van der Waals surface area (Å²) in [6.45, 7) is 0.619. The average Bonchev–Trinajstić information content (AvgIpc) is 2.18. The van der Waals surface area contributed by atoms with Gasteiger partial charge in [-0.15, -0.1) is 0 Å². The van der Waals surface area contributed by atoms with Crippen molar-refractivity contribution in [3.63, 3.8) is 0 Å². The molecule has 14 heavy (non-hydrogen) atoms. The van der Waals surface area contributed by atoms with Crippen LogP contribution in [0.5, 0.6) is 0 Å². The molecule has 0 bridgehead atoms. The SMILES string of the molecule is NCCc1nc(N)nc2c1CSCC2. The van der Waals surface area contributed by atoms with Crippen molar-refractivity contribution in [3.8, 4) is 0 Å². The molecule has 0 atom stereocenters. The van der Waals surface area contributed by atoms with E-state index in [4.69, 9.17) is 11.5 Å². The Hall–Kier alpha value is -0.810. The monoisotopic (exact) mass is 210 g/mol. The van der Waals surface area contributed by atoms with Crippen LogP contribution in [0.4, 0.5) is 5.95 Å². The molecule has 0 aromatic carbocycles. The third kappa shape index (κ3) is 1.83. The Labute approximate surface area is 87.5 Å². The Kier molecular flexibility index (Phi) is 2.88. The largest absolute Gasteiger partial charge is 0.368 e. The van der Waals surface area contributed by atoms with E-state index in [0.717, 1.165) is 35.7 Å². The number of fused-ring (bicyclic) bond motifs is 1. The van der Waals surface area contributed by atoms with Gasteiger partial charge >= 0.3 is 0 Å². The van der Waals surface area contributed by atoms with Crippen LogP contribution in [0.3, 0.4) is 0 Å². The molecule has 0 amide bonds. The highest BCUT2D eigenvalue weighted by Crippen LogP contribution is 2.25. The van der Waals surface area contributed by atoms with Crippen LogP contribution in [-0.4, -0.2) is 22.3 Å². The lowest BCUT2D eigenvalue weighted by atomic mass is 10.1. The van der Waals surface area contributed by atoms with Crippen molar-refractivity contribution in [2.75, 3.05) is 18.0 Å². The fourth-order valence-electron chi connectivity index (χ4n) is 1.66. The molecule has 1 aliphatic heterocycles. The van der Waals surface area contributed by atoms with Gasteiger partial charge < -0.3 is 11.5 Å². The number of thioether (sulfide) groups is 1. The second-order valence-corrected chi connectivity index (χ2v) is 4.40. The van der Waals surface area contributed by atoms with Gasteiger partial charge in [0.05, 0.1) is 11.4 Å². The van der Waals surface area contributed by atoms with E-state index in [0.29, 0.717) is 12.5 Å². The molecule has 0 saturated carbocycles. The van der Waals surface area contributed by atoms with Crippen LogP contribution in [0, 0.1) is 0 Å². The van der Waals surface area contributed by atoms with Crippen molar-refractivity contribution in [1.82, 2.24) is 9.97 Å². The molecule has 0 unspecified atom stereocenters. The van der Waals surface area contributed by atoms with Crippen LogP contribution >= 0.6 is 11.8 Å². The quantitative estimate of drug-likeness (QED) is 0.736. The molecule has 4 N–H and O–H groups in total. The highest BCUT2D eigenvalue weighted by Gasteiger charge is 2.16. The van der Waals surface area contributed by atoms with Crippen LogP contribution in [0.2, 0.25) is 0 Å². The van der Waals surface area contributed by atoms with Gasteiger partial charge in [-0.3, -0.25) is 0 Å². The minimum Gasteiger partial charge on any atom is -0.368 e. The highest BCUT2D eigenvalue weighted by molar-refractivity contribution is 7.98. The third-order valence-corrected chi connectivity index (χ3v) is 3.29.